The average Bonchev–Trinajstić information content (AvgIpc) is 3.34. The van der Waals surface area contributed by atoms with Crippen LogP contribution in [0.4, 0.5) is 0 Å². The first-order valence-corrected chi connectivity index (χ1v) is 31.5. The topological polar surface area (TPSA) is 89.8 Å². The molecule has 0 saturated carbocycles. The number of carbonyl (C=O) groups excluding carboxylic acids is 1. The van der Waals surface area contributed by atoms with E-state index in [2.05, 4.69) is 31.3 Å². The maximum atomic E-state index is 12.6. The number of nitrogens with one attached hydrogen (secondary N) is 1. The van der Waals surface area contributed by atoms with Gasteiger partial charge in [-0.2, -0.15) is 0 Å². The molecule has 0 aliphatic carbocycles. The van der Waals surface area contributed by atoms with Gasteiger partial charge in [-0.25, -0.2) is 0 Å². The van der Waals surface area contributed by atoms with Crippen molar-refractivity contribution in [2.24, 2.45) is 0 Å². The molecule has 5 heteroatoms. The number of carbonyl (C=O) groups is 1. The van der Waals surface area contributed by atoms with Crippen LogP contribution < -0.4 is 5.32 Å². The number of unbranched alkanes of at least 4 members (excludes halogenated alkanes) is 49. The lowest BCUT2D eigenvalue weighted by Crippen LogP contribution is -2.50. The summed E-state index contributed by atoms with van der Waals surface area (Å²) in [6, 6.07) is -0.807. The van der Waals surface area contributed by atoms with Crippen molar-refractivity contribution < 1.29 is 20.1 Å². The van der Waals surface area contributed by atoms with E-state index in [0.717, 1.165) is 32.1 Å². The molecule has 0 aromatic carbocycles. The van der Waals surface area contributed by atoms with Crippen molar-refractivity contribution in [2.75, 3.05) is 6.61 Å². The molecular formula is C63H125NO4. The van der Waals surface area contributed by atoms with Crippen LogP contribution in [0.25, 0.3) is 0 Å². The van der Waals surface area contributed by atoms with E-state index in [-0.39, 0.29) is 12.5 Å². The first-order valence-electron chi connectivity index (χ1n) is 31.5. The molecule has 0 rings (SSSR count). The highest BCUT2D eigenvalue weighted by Gasteiger charge is 2.26. The molecule has 5 nitrogen and oxygen atoms in total. The van der Waals surface area contributed by atoms with E-state index < -0.39 is 18.2 Å². The molecule has 3 unspecified atom stereocenters. The molecule has 0 radical (unpaired) electrons. The fourth-order valence-corrected chi connectivity index (χ4v) is 10.3. The highest BCUT2D eigenvalue weighted by Crippen LogP contribution is 2.19. The van der Waals surface area contributed by atoms with Gasteiger partial charge in [0, 0.05) is 6.42 Å². The van der Waals surface area contributed by atoms with Crippen LogP contribution in [0.2, 0.25) is 0 Å². The zero-order valence-electron chi connectivity index (χ0n) is 46.5. The van der Waals surface area contributed by atoms with Crippen molar-refractivity contribution in [1.29, 1.82) is 0 Å². The van der Waals surface area contributed by atoms with Gasteiger partial charge in [0.25, 0.3) is 0 Å². The molecule has 0 saturated heterocycles. The number of amides is 1. The molecule has 3 atom stereocenters. The zero-order valence-corrected chi connectivity index (χ0v) is 46.5. The molecule has 0 fully saturated rings. The Kier molecular flexibility index (Phi) is 57.9. The average molecular weight is 961 g/mol. The highest BCUT2D eigenvalue weighted by molar-refractivity contribution is 5.76. The summed E-state index contributed by atoms with van der Waals surface area (Å²) in [5.74, 6) is -0.137. The van der Waals surface area contributed by atoms with Gasteiger partial charge in [-0.1, -0.05) is 328 Å². The molecule has 4 N–H and O–H groups in total. The number of hydrogen-bond acceptors (Lipinski definition) is 4. The van der Waals surface area contributed by atoms with Gasteiger partial charge in [-0.15, -0.1) is 0 Å². The lowest BCUT2D eigenvalue weighted by Gasteiger charge is -2.26. The Bertz CT molecular complexity index is 971. The third-order valence-corrected chi connectivity index (χ3v) is 15.1. The van der Waals surface area contributed by atoms with E-state index in [1.807, 2.05) is 0 Å². The standard InChI is InChI=1S/C63H125NO4/c1-3-5-7-9-11-13-15-17-19-21-23-25-27-28-29-30-31-32-33-34-36-38-40-42-44-46-48-50-52-54-56-58-62(67)64-60(59-65)63(68)61(66)57-55-53-51-49-47-45-43-41-39-37-35-26-24-22-20-18-16-14-12-10-8-6-4-2/h28-29,60-61,63,65-66,68H,3-27,30-59H2,1-2H3,(H,64,67)/b29-28-. The summed E-state index contributed by atoms with van der Waals surface area (Å²) in [5, 5.41) is 33.9. The van der Waals surface area contributed by atoms with E-state index >= 15 is 0 Å². The SMILES string of the molecule is CCCCCCCCCCCCCC/C=C\CCCCCCCCCCCCCCCCCC(=O)NC(CO)C(O)C(O)CCCCCCCCCCCCCCCCCCCCCCCCC. The minimum Gasteiger partial charge on any atom is -0.394 e. The van der Waals surface area contributed by atoms with Crippen LogP contribution in [0.5, 0.6) is 0 Å². The molecule has 0 aliphatic heterocycles. The number of hydrogen-bond donors (Lipinski definition) is 4. The van der Waals surface area contributed by atoms with Gasteiger partial charge in [0.15, 0.2) is 0 Å². The lowest BCUT2D eigenvalue weighted by molar-refractivity contribution is -0.124. The fourth-order valence-electron chi connectivity index (χ4n) is 10.3. The third kappa shape index (κ3) is 52.9. The summed E-state index contributed by atoms with van der Waals surface area (Å²) >= 11 is 0. The van der Waals surface area contributed by atoms with Gasteiger partial charge < -0.3 is 20.6 Å². The Labute approximate surface area is 427 Å². The summed E-state index contributed by atoms with van der Waals surface area (Å²) in [4.78, 5) is 12.6. The summed E-state index contributed by atoms with van der Waals surface area (Å²) in [6.07, 6.45) is 73.9. The van der Waals surface area contributed by atoms with Gasteiger partial charge in [0.2, 0.25) is 5.91 Å². The molecule has 0 aromatic rings. The van der Waals surface area contributed by atoms with E-state index in [4.69, 9.17) is 0 Å². The van der Waals surface area contributed by atoms with Crippen molar-refractivity contribution in [2.45, 2.75) is 379 Å². The monoisotopic (exact) mass is 960 g/mol. The minimum atomic E-state index is -1.13. The van der Waals surface area contributed by atoms with Gasteiger partial charge >= 0.3 is 0 Å². The Hall–Kier alpha value is -0.910. The molecule has 406 valence electrons. The first-order chi connectivity index (χ1) is 33.6. The Balaban J connectivity index is 3.47. The smallest absolute Gasteiger partial charge is 0.220 e. The number of aliphatic hydroxyl groups excluding tert-OH is 3. The summed E-state index contributed by atoms with van der Waals surface area (Å²) < 4.78 is 0. The Morgan fingerprint density at radius 3 is 0.853 bits per heavy atom. The van der Waals surface area contributed by atoms with Crippen molar-refractivity contribution in [3.63, 3.8) is 0 Å². The van der Waals surface area contributed by atoms with Crippen molar-refractivity contribution in [3.8, 4) is 0 Å². The van der Waals surface area contributed by atoms with Crippen LogP contribution in [0.1, 0.15) is 361 Å². The van der Waals surface area contributed by atoms with Crippen LogP contribution in [0, 0.1) is 0 Å². The second kappa shape index (κ2) is 58.7. The van der Waals surface area contributed by atoms with Crippen LogP contribution >= 0.6 is 0 Å². The largest absolute Gasteiger partial charge is 0.394 e. The number of allylic oxidation sites excluding steroid dienone is 2. The predicted octanol–water partition coefficient (Wildman–Crippen LogP) is 19.8. The molecule has 0 bridgehead atoms. The van der Waals surface area contributed by atoms with Gasteiger partial charge in [-0.3, -0.25) is 4.79 Å². The van der Waals surface area contributed by atoms with Gasteiger partial charge in [0.1, 0.15) is 6.10 Å². The minimum absolute atomic E-state index is 0.137. The van der Waals surface area contributed by atoms with E-state index in [9.17, 15) is 20.1 Å². The Morgan fingerprint density at radius 1 is 0.353 bits per heavy atom. The third-order valence-electron chi connectivity index (χ3n) is 15.1. The fraction of sp³-hybridized carbons (Fsp3) is 0.952. The van der Waals surface area contributed by atoms with E-state index in [1.165, 1.54) is 302 Å². The maximum absolute atomic E-state index is 12.6. The summed E-state index contributed by atoms with van der Waals surface area (Å²) in [7, 11) is 0. The van der Waals surface area contributed by atoms with E-state index in [0.29, 0.717) is 12.8 Å². The molecule has 1 amide bonds. The van der Waals surface area contributed by atoms with Crippen LogP contribution in [-0.4, -0.2) is 46.1 Å². The predicted molar refractivity (Wildman–Crippen MR) is 301 cm³/mol. The maximum Gasteiger partial charge on any atom is 0.220 e. The molecule has 0 spiro atoms. The van der Waals surface area contributed by atoms with Crippen LogP contribution in [0.3, 0.4) is 0 Å². The quantitative estimate of drug-likeness (QED) is 0.0361. The first kappa shape index (κ1) is 67.1. The highest BCUT2D eigenvalue weighted by atomic mass is 16.3. The molecule has 0 heterocycles. The second-order valence-corrected chi connectivity index (χ2v) is 22.0. The van der Waals surface area contributed by atoms with E-state index in [1.54, 1.807) is 0 Å². The molecule has 0 aliphatic rings. The number of aliphatic hydroxyl groups is 3. The van der Waals surface area contributed by atoms with Crippen molar-refractivity contribution in [1.82, 2.24) is 5.32 Å². The van der Waals surface area contributed by atoms with Gasteiger partial charge in [-0.05, 0) is 38.5 Å². The molecular weight excluding hydrogens is 835 g/mol. The summed E-state index contributed by atoms with van der Waals surface area (Å²) in [6.45, 7) is 4.23. The Morgan fingerprint density at radius 2 is 0.588 bits per heavy atom. The van der Waals surface area contributed by atoms with Crippen LogP contribution in [0.15, 0.2) is 12.2 Å². The second-order valence-electron chi connectivity index (χ2n) is 22.0. The lowest BCUT2D eigenvalue weighted by atomic mass is 9.99. The van der Waals surface area contributed by atoms with Crippen molar-refractivity contribution in [3.05, 3.63) is 12.2 Å². The summed E-state index contributed by atoms with van der Waals surface area (Å²) in [5.41, 5.74) is 0. The number of rotatable bonds is 59. The van der Waals surface area contributed by atoms with Crippen molar-refractivity contribution >= 4 is 5.91 Å². The molecule has 0 aromatic heterocycles. The van der Waals surface area contributed by atoms with Crippen LogP contribution in [-0.2, 0) is 4.79 Å². The van der Waals surface area contributed by atoms with Gasteiger partial charge in [0.05, 0.1) is 18.8 Å². The zero-order chi connectivity index (χ0) is 49.3. The normalized spacial score (nSPS) is 13.2. The molecule has 68 heavy (non-hydrogen) atoms.